The van der Waals surface area contributed by atoms with E-state index in [0.29, 0.717) is 34.3 Å². The molecular weight excluding hydrogens is 697 g/mol. The molecular formula is C51H38N6. The van der Waals surface area contributed by atoms with E-state index >= 15 is 0 Å². The number of nitrogens with zero attached hydrogens (tertiary/aromatic N) is 6. The molecule has 8 aromatic rings. The fraction of sp³-hybridized carbons (Fsp3) is 0.196. The van der Waals surface area contributed by atoms with Crippen LogP contribution in [0.25, 0.3) is 82.5 Å². The Hall–Kier alpha value is -6.89. The van der Waals surface area contributed by atoms with Crippen LogP contribution in [0.5, 0.6) is 0 Å². The van der Waals surface area contributed by atoms with Crippen LogP contribution in [-0.4, -0.2) is 19.5 Å². The molecule has 0 saturated heterocycles. The van der Waals surface area contributed by atoms with E-state index in [0.717, 1.165) is 56.6 Å². The molecule has 4 bridgehead atoms. The van der Waals surface area contributed by atoms with Gasteiger partial charge in [0.25, 0.3) is 0 Å². The second kappa shape index (κ2) is 13.1. The Morgan fingerprint density at radius 3 is 1.53 bits per heavy atom. The zero-order valence-electron chi connectivity index (χ0n) is 31.4. The second-order valence-corrected chi connectivity index (χ2v) is 16.5. The SMILES string of the molecule is [C-]#[N+]c1cccc(-c2nc(-c3cccc([N+]#[C-])c3)nc(-c3ccc4c5ccccc5n(-c5ccc(-c6ccc(C78CC9CC(CC(C9)C7)C8)cc6)cc5)c4c3)n2)c1. The van der Waals surface area contributed by atoms with E-state index in [1.54, 1.807) is 29.8 Å². The first-order valence-corrected chi connectivity index (χ1v) is 20.0. The van der Waals surface area contributed by atoms with Crippen molar-refractivity contribution in [1.29, 1.82) is 0 Å². The smallest absolute Gasteiger partial charge is 0.187 e. The number of para-hydroxylation sites is 1. The minimum absolute atomic E-state index is 0.407. The topological polar surface area (TPSA) is 52.3 Å². The van der Waals surface area contributed by atoms with Crippen molar-refractivity contribution in [1.82, 2.24) is 19.5 Å². The van der Waals surface area contributed by atoms with E-state index in [1.165, 1.54) is 55.0 Å². The molecule has 6 nitrogen and oxygen atoms in total. The normalized spacial score (nSPS) is 20.8. The largest absolute Gasteiger partial charge is 0.309 e. The van der Waals surface area contributed by atoms with Gasteiger partial charge in [-0.15, -0.1) is 0 Å². The van der Waals surface area contributed by atoms with Gasteiger partial charge in [-0.3, -0.25) is 0 Å². The summed E-state index contributed by atoms with van der Waals surface area (Å²) < 4.78 is 2.33. The van der Waals surface area contributed by atoms with Crippen LogP contribution < -0.4 is 0 Å². The summed E-state index contributed by atoms with van der Waals surface area (Å²) in [5.74, 6) is 4.27. The number of rotatable bonds is 6. The van der Waals surface area contributed by atoms with Gasteiger partial charge >= 0.3 is 0 Å². The summed E-state index contributed by atoms with van der Waals surface area (Å²) in [5, 5.41) is 2.31. The molecule has 272 valence electrons. The maximum absolute atomic E-state index is 7.58. The average molecular weight is 735 g/mol. The highest BCUT2D eigenvalue weighted by Crippen LogP contribution is 2.60. The highest BCUT2D eigenvalue weighted by Gasteiger charge is 2.51. The summed E-state index contributed by atoms with van der Waals surface area (Å²) in [6.45, 7) is 15.2. The van der Waals surface area contributed by atoms with Crippen molar-refractivity contribution in [3.8, 4) is 51.0 Å². The van der Waals surface area contributed by atoms with E-state index in [4.69, 9.17) is 28.1 Å². The van der Waals surface area contributed by atoms with Crippen molar-refractivity contribution in [3.63, 3.8) is 0 Å². The Morgan fingerprint density at radius 1 is 0.474 bits per heavy atom. The lowest BCUT2D eigenvalue weighted by Gasteiger charge is -2.57. The van der Waals surface area contributed by atoms with E-state index in [2.05, 4.69) is 105 Å². The van der Waals surface area contributed by atoms with E-state index in [1.807, 2.05) is 24.3 Å². The maximum Gasteiger partial charge on any atom is 0.187 e. The molecule has 4 fully saturated rings. The summed E-state index contributed by atoms with van der Waals surface area (Å²) >= 11 is 0. The monoisotopic (exact) mass is 734 g/mol. The number of hydrogen-bond acceptors (Lipinski definition) is 3. The van der Waals surface area contributed by atoms with Gasteiger partial charge in [-0.2, -0.15) is 0 Å². The predicted octanol–water partition coefficient (Wildman–Crippen LogP) is 13.2. The first-order chi connectivity index (χ1) is 28.0. The molecule has 4 aliphatic rings. The van der Waals surface area contributed by atoms with Crippen LogP contribution in [0.4, 0.5) is 11.4 Å². The molecule has 2 aromatic heterocycles. The summed E-state index contributed by atoms with van der Waals surface area (Å²) in [6, 6.07) is 48.1. The molecule has 4 aliphatic carbocycles. The van der Waals surface area contributed by atoms with Crippen molar-refractivity contribution in [2.45, 2.75) is 43.9 Å². The molecule has 6 aromatic carbocycles. The zero-order valence-corrected chi connectivity index (χ0v) is 31.4. The van der Waals surface area contributed by atoms with Gasteiger partial charge in [-0.05, 0) is 115 Å². The van der Waals surface area contributed by atoms with Gasteiger partial charge in [0.1, 0.15) is 0 Å². The maximum atomic E-state index is 7.58. The summed E-state index contributed by atoms with van der Waals surface area (Å²) in [4.78, 5) is 22.1. The van der Waals surface area contributed by atoms with Crippen LogP contribution in [0, 0.1) is 30.9 Å². The van der Waals surface area contributed by atoms with Crippen molar-refractivity contribution in [2.24, 2.45) is 17.8 Å². The highest BCUT2D eigenvalue weighted by molar-refractivity contribution is 6.10. The lowest BCUT2D eigenvalue weighted by molar-refractivity contribution is -0.00518. The molecule has 0 unspecified atom stereocenters. The minimum Gasteiger partial charge on any atom is -0.309 e. The first-order valence-electron chi connectivity index (χ1n) is 20.0. The van der Waals surface area contributed by atoms with Gasteiger partial charge in [-0.1, -0.05) is 103 Å². The van der Waals surface area contributed by atoms with Crippen LogP contribution in [0.1, 0.15) is 44.1 Å². The Kier molecular flexibility index (Phi) is 7.69. The Labute approximate surface area is 332 Å². The van der Waals surface area contributed by atoms with Gasteiger partial charge in [0.2, 0.25) is 0 Å². The van der Waals surface area contributed by atoms with Crippen LogP contribution in [-0.2, 0) is 5.41 Å². The van der Waals surface area contributed by atoms with Gasteiger partial charge in [0.05, 0.1) is 24.2 Å². The molecule has 0 amide bonds. The third-order valence-corrected chi connectivity index (χ3v) is 13.0. The third-order valence-electron chi connectivity index (χ3n) is 13.0. The van der Waals surface area contributed by atoms with Crippen molar-refractivity contribution < 1.29 is 0 Å². The lowest BCUT2D eigenvalue weighted by Crippen LogP contribution is -2.48. The van der Waals surface area contributed by atoms with Crippen LogP contribution in [0.3, 0.4) is 0 Å². The molecule has 0 atom stereocenters. The molecule has 57 heavy (non-hydrogen) atoms. The summed E-state index contributed by atoms with van der Waals surface area (Å²) in [5.41, 5.74) is 11.0. The number of benzene rings is 6. The Bertz CT molecular complexity index is 2850. The van der Waals surface area contributed by atoms with Crippen molar-refractivity contribution >= 4 is 33.2 Å². The summed E-state index contributed by atoms with van der Waals surface area (Å²) in [7, 11) is 0. The molecule has 0 N–H and O–H groups in total. The standard InChI is InChI=1S/C51H38N6/c1-52-41-9-5-7-37(26-41)48-54-49(38-8-6-10-42(27-38)53-2)56-50(55-48)39-17-22-45-44-11-3-4-12-46(44)57(47(45)28-39)43-20-15-36(16-21-43)35-13-18-40(19-14-35)51-29-32-23-33(30-51)25-34(24-32)31-51/h3-22,26-28,32-34H,23-25,29-31H2. The molecule has 0 aliphatic heterocycles. The fourth-order valence-corrected chi connectivity index (χ4v) is 10.9. The predicted molar refractivity (Wildman–Crippen MR) is 228 cm³/mol. The number of fused-ring (bicyclic) bond motifs is 3. The summed E-state index contributed by atoms with van der Waals surface area (Å²) in [6.07, 6.45) is 8.56. The van der Waals surface area contributed by atoms with Crippen LogP contribution in [0.2, 0.25) is 0 Å². The Morgan fingerprint density at radius 2 is 0.965 bits per heavy atom. The van der Waals surface area contributed by atoms with Gasteiger partial charge in [0, 0.05) is 33.2 Å². The van der Waals surface area contributed by atoms with Gasteiger partial charge < -0.3 is 4.57 Å². The first kappa shape index (κ1) is 33.4. The van der Waals surface area contributed by atoms with Crippen LogP contribution >= 0.6 is 0 Å². The fourth-order valence-electron chi connectivity index (χ4n) is 10.9. The molecule has 0 spiro atoms. The Balaban J connectivity index is 0.987. The lowest BCUT2D eigenvalue weighted by atomic mass is 9.48. The van der Waals surface area contributed by atoms with E-state index in [9.17, 15) is 0 Å². The number of aromatic nitrogens is 4. The van der Waals surface area contributed by atoms with Crippen LogP contribution in [0.15, 0.2) is 140 Å². The zero-order chi connectivity index (χ0) is 38.1. The van der Waals surface area contributed by atoms with E-state index in [-0.39, 0.29) is 0 Å². The third kappa shape index (κ3) is 5.71. The van der Waals surface area contributed by atoms with Crippen molar-refractivity contribution in [2.75, 3.05) is 0 Å². The van der Waals surface area contributed by atoms with Gasteiger partial charge in [0.15, 0.2) is 28.8 Å². The second-order valence-electron chi connectivity index (χ2n) is 16.5. The van der Waals surface area contributed by atoms with Gasteiger partial charge in [-0.25, -0.2) is 24.6 Å². The van der Waals surface area contributed by atoms with Crippen molar-refractivity contribution in [3.05, 3.63) is 168 Å². The highest BCUT2D eigenvalue weighted by atomic mass is 15.0. The molecule has 0 radical (unpaired) electrons. The minimum atomic E-state index is 0.407. The molecule has 6 heteroatoms. The molecule has 4 saturated carbocycles. The average Bonchev–Trinajstić information content (AvgIpc) is 3.59. The van der Waals surface area contributed by atoms with E-state index < -0.39 is 0 Å². The molecule has 2 heterocycles. The molecule has 12 rings (SSSR count). The number of hydrogen-bond donors (Lipinski definition) is 0. The quantitative estimate of drug-likeness (QED) is 0.160.